The number of anilines is 1. The smallest absolute Gasteiger partial charge is 0.325 e. The lowest BCUT2D eigenvalue weighted by Crippen LogP contribution is -2.25. The summed E-state index contributed by atoms with van der Waals surface area (Å²) in [4.78, 5) is 21.8. The van der Waals surface area contributed by atoms with Crippen LogP contribution in [0.3, 0.4) is 0 Å². The van der Waals surface area contributed by atoms with Gasteiger partial charge in [0.25, 0.3) is 5.91 Å². The predicted octanol–water partition coefficient (Wildman–Crippen LogP) is 1.07. The molecule has 1 aromatic carbocycles. The third-order valence-corrected chi connectivity index (χ3v) is 2.19. The van der Waals surface area contributed by atoms with Gasteiger partial charge in [-0.1, -0.05) is 0 Å². The summed E-state index contributed by atoms with van der Waals surface area (Å²) in [6.45, 7) is 1.44. The first kappa shape index (κ1) is 13.0. The summed E-state index contributed by atoms with van der Waals surface area (Å²) in [7, 11) is 1.40. The lowest BCUT2D eigenvalue weighted by atomic mass is 10.1. The standard InChI is InChI=1S/C11H13FN2O3/c1-6(11(16)17)14-7-3-4-8(9(12)5-7)10(15)13-2/h3-6,14H,1-2H3,(H,13,15)(H,16,17)/t6-/m0/s1. The molecule has 0 fully saturated rings. The molecule has 0 aromatic heterocycles. The fraction of sp³-hybridized carbons (Fsp3) is 0.273. The van der Waals surface area contributed by atoms with Crippen LogP contribution in [0.4, 0.5) is 10.1 Å². The van der Waals surface area contributed by atoms with Gasteiger partial charge in [0.1, 0.15) is 11.9 Å². The average Bonchev–Trinajstić information content (AvgIpc) is 2.28. The lowest BCUT2D eigenvalue weighted by Gasteiger charge is -2.11. The number of carbonyl (C=O) groups is 2. The molecule has 0 aliphatic carbocycles. The third-order valence-electron chi connectivity index (χ3n) is 2.19. The van der Waals surface area contributed by atoms with Crippen molar-refractivity contribution in [3.8, 4) is 0 Å². The number of hydrogen-bond acceptors (Lipinski definition) is 3. The van der Waals surface area contributed by atoms with E-state index >= 15 is 0 Å². The van der Waals surface area contributed by atoms with Crippen LogP contribution in [0.15, 0.2) is 18.2 Å². The Bertz CT molecular complexity index is 448. The van der Waals surface area contributed by atoms with Crippen LogP contribution in [0.25, 0.3) is 0 Å². The van der Waals surface area contributed by atoms with Crippen molar-refractivity contribution < 1.29 is 19.1 Å². The van der Waals surface area contributed by atoms with Gasteiger partial charge in [0.2, 0.25) is 0 Å². The summed E-state index contributed by atoms with van der Waals surface area (Å²) >= 11 is 0. The minimum atomic E-state index is -1.04. The Morgan fingerprint density at radius 1 is 1.41 bits per heavy atom. The van der Waals surface area contributed by atoms with E-state index in [2.05, 4.69) is 10.6 Å². The molecule has 0 aliphatic rings. The highest BCUT2D eigenvalue weighted by Crippen LogP contribution is 2.15. The van der Waals surface area contributed by atoms with E-state index < -0.39 is 23.7 Å². The van der Waals surface area contributed by atoms with Crippen LogP contribution in [0.2, 0.25) is 0 Å². The van der Waals surface area contributed by atoms with Crippen LogP contribution < -0.4 is 10.6 Å². The van der Waals surface area contributed by atoms with Crippen LogP contribution in [-0.2, 0) is 4.79 Å². The number of rotatable bonds is 4. The van der Waals surface area contributed by atoms with E-state index in [1.165, 1.54) is 26.1 Å². The van der Waals surface area contributed by atoms with E-state index in [1.807, 2.05) is 0 Å². The maximum absolute atomic E-state index is 13.5. The van der Waals surface area contributed by atoms with Crippen molar-refractivity contribution in [2.45, 2.75) is 13.0 Å². The number of halogens is 1. The van der Waals surface area contributed by atoms with Gasteiger partial charge < -0.3 is 15.7 Å². The number of carbonyl (C=O) groups excluding carboxylic acids is 1. The fourth-order valence-corrected chi connectivity index (χ4v) is 1.24. The van der Waals surface area contributed by atoms with Gasteiger partial charge in [-0.25, -0.2) is 4.39 Å². The van der Waals surface area contributed by atoms with Gasteiger partial charge in [-0.2, -0.15) is 0 Å². The van der Waals surface area contributed by atoms with E-state index in [1.54, 1.807) is 0 Å². The van der Waals surface area contributed by atoms with Gasteiger partial charge in [-0.15, -0.1) is 0 Å². The first-order valence-electron chi connectivity index (χ1n) is 4.96. The molecule has 0 bridgehead atoms. The van der Waals surface area contributed by atoms with Gasteiger partial charge in [-0.05, 0) is 25.1 Å². The molecule has 0 saturated carbocycles. The molecule has 1 amide bonds. The van der Waals surface area contributed by atoms with Gasteiger partial charge in [-0.3, -0.25) is 9.59 Å². The first-order valence-corrected chi connectivity index (χ1v) is 4.96. The number of amides is 1. The van der Waals surface area contributed by atoms with Crippen LogP contribution in [-0.4, -0.2) is 30.1 Å². The van der Waals surface area contributed by atoms with Crippen molar-refractivity contribution in [3.05, 3.63) is 29.6 Å². The molecule has 0 saturated heterocycles. The summed E-state index contributed by atoms with van der Waals surface area (Å²) in [5.41, 5.74) is 0.228. The molecule has 0 heterocycles. The zero-order chi connectivity index (χ0) is 13.0. The topological polar surface area (TPSA) is 78.4 Å². The second kappa shape index (κ2) is 5.29. The molecule has 0 radical (unpaired) electrons. The first-order chi connectivity index (χ1) is 7.95. The van der Waals surface area contributed by atoms with Crippen molar-refractivity contribution >= 4 is 17.6 Å². The SMILES string of the molecule is CNC(=O)c1ccc(N[C@@H](C)C(=O)O)cc1F. The van der Waals surface area contributed by atoms with Crippen LogP contribution in [0.5, 0.6) is 0 Å². The predicted molar refractivity (Wildman–Crippen MR) is 60.5 cm³/mol. The zero-order valence-electron chi connectivity index (χ0n) is 9.45. The summed E-state index contributed by atoms with van der Waals surface area (Å²) in [5, 5.41) is 13.6. The van der Waals surface area contributed by atoms with Crippen molar-refractivity contribution in [3.63, 3.8) is 0 Å². The highest BCUT2D eigenvalue weighted by Gasteiger charge is 2.13. The van der Waals surface area contributed by atoms with Gasteiger partial charge in [0.15, 0.2) is 0 Å². The summed E-state index contributed by atoms with van der Waals surface area (Å²) in [5.74, 6) is -2.27. The molecule has 0 spiro atoms. The fourth-order valence-electron chi connectivity index (χ4n) is 1.24. The number of carboxylic acid groups (broad SMARTS) is 1. The lowest BCUT2D eigenvalue weighted by molar-refractivity contribution is -0.137. The van der Waals surface area contributed by atoms with Crippen molar-refractivity contribution in [2.75, 3.05) is 12.4 Å². The molecule has 5 nitrogen and oxygen atoms in total. The molecule has 3 N–H and O–H groups in total. The maximum atomic E-state index is 13.5. The number of benzene rings is 1. The maximum Gasteiger partial charge on any atom is 0.325 e. The molecule has 17 heavy (non-hydrogen) atoms. The Labute approximate surface area is 97.6 Å². The number of nitrogens with one attached hydrogen (secondary N) is 2. The molecular weight excluding hydrogens is 227 g/mol. The largest absolute Gasteiger partial charge is 0.480 e. The Hall–Kier alpha value is -2.11. The van der Waals surface area contributed by atoms with Crippen molar-refractivity contribution in [1.29, 1.82) is 0 Å². The normalized spacial score (nSPS) is 11.7. The zero-order valence-corrected chi connectivity index (χ0v) is 9.45. The van der Waals surface area contributed by atoms with Gasteiger partial charge in [0.05, 0.1) is 5.56 Å². The number of carboxylic acids is 1. The van der Waals surface area contributed by atoms with E-state index in [9.17, 15) is 14.0 Å². The van der Waals surface area contributed by atoms with Gasteiger partial charge in [0, 0.05) is 12.7 Å². The van der Waals surface area contributed by atoms with Crippen LogP contribution in [0.1, 0.15) is 17.3 Å². The summed E-state index contributed by atoms with van der Waals surface area (Å²) in [6, 6.07) is 3.00. The average molecular weight is 240 g/mol. The summed E-state index contributed by atoms with van der Waals surface area (Å²) < 4.78 is 13.5. The van der Waals surface area contributed by atoms with E-state index in [4.69, 9.17) is 5.11 Å². The molecule has 6 heteroatoms. The number of aliphatic carboxylic acids is 1. The second-order valence-electron chi connectivity index (χ2n) is 3.48. The van der Waals surface area contributed by atoms with Crippen LogP contribution >= 0.6 is 0 Å². The summed E-state index contributed by atoms with van der Waals surface area (Å²) in [6.07, 6.45) is 0. The highest BCUT2D eigenvalue weighted by molar-refractivity contribution is 5.94. The second-order valence-corrected chi connectivity index (χ2v) is 3.48. The minimum absolute atomic E-state index is 0.0824. The highest BCUT2D eigenvalue weighted by atomic mass is 19.1. The Morgan fingerprint density at radius 2 is 2.06 bits per heavy atom. The molecule has 0 aliphatic heterocycles. The van der Waals surface area contributed by atoms with Crippen molar-refractivity contribution in [2.24, 2.45) is 0 Å². The Balaban J connectivity index is 2.89. The quantitative estimate of drug-likeness (QED) is 0.735. The van der Waals surface area contributed by atoms with Crippen molar-refractivity contribution in [1.82, 2.24) is 5.32 Å². The Kier molecular flexibility index (Phi) is 4.03. The van der Waals surface area contributed by atoms with Gasteiger partial charge >= 0.3 is 5.97 Å². The molecule has 0 unspecified atom stereocenters. The molecule has 1 atom stereocenters. The molecule has 92 valence electrons. The monoisotopic (exact) mass is 240 g/mol. The van der Waals surface area contributed by atoms with E-state index in [-0.39, 0.29) is 5.56 Å². The van der Waals surface area contributed by atoms with E-state index in [0.29, 0.717) is 5.69 Å². The van der Waals surface area contributed by atoms with Crippen LogP contribution in [0, 0.1) is 5.82 Å². The third kappa shape index (κ3) is 3.17. The molecular formula is C11H13FN2O3. The molecule has 1 aromatic rings. The van der Waals surface area contributed by atoms with E-state index in [0.717, 1.165) is 6.07 Å². The minimum Gasteiger partial charge on any atom is -0.480 e. The molecule has 1 rings (SSSR count). The number of hydrogen-bond donors (Lipinski definition) is 3. The Morgan fingerprint density at radius 3 is 2.53 bits per heavy atom.